The molecule has 0 atom stereocenters. The van der Waals surface area contributed by atoms with Crippen LogP contribution in [0.1, 0.15) is 10.5 Å². The van der Waals surface area contributed by atoms with Crippen LogP contribution in [0.2, 0.25) is 0 Å². The summed E-state index contributed by atoms with van der Waals surface area (Å²) < 4.78 is 0. The van der Waals surface area contributed by atoms with Crippen molar-refractivity contribution in [1.29, 1.82) is 0 Å². The third-order valence-electron chi connectivity index (χ3n) is 3.77. The normalized spacial score (nSPS) is 10.3. The lowest BCUT2D eigenvalue weighted by Gasteiger charge is -2.08. The number of hydrogen-bond acceptors (Lipinski definition) is 7. The Morgan fingerprint density at radius 2 is 1.68 bits per heavy atom. The fourth-order valence-corrected chi connectivity index (χ4v) is 2.49. The van der Waals surface area contributed by atoms with Crippen LogP contribution in [0.15, 0.2) is 79.5 Å². The van der Waals surface area contributed by atoms with Crippen LogP contribution < -0.4 is 10.6 Å². The van der Waals surface area contributed by atoms with E-state index in [4.69, 9.17) is 0 Å². The van der Waals surface area contributed by atoms with Crippen LogP contribution in [0.5, 0.6) is 0 Å². The molecule has 0 spiro atoms. The Labute approximate surface area is 160 Å². The summed E-state index contributed by atoms with van der Waals surface area (Å²) in [6.45, 7) is 0. The van der Waals surface area contributed by atoms with E-state index in [1.807, 2.05) is 48.5 Å². The number of nitrogens with zero attached hydrogens (tertiary/aromatic N) is 5. The zero-order valence-electron chi connectivity index (χ0n) is 14.6. The number of anilines is 3. The van der Waals surface area contributed by atoms with E-state index in [0.717, 1.165) is 11.3 Å². The second-order valence-corrected chi connectivity index (χ2v) is 5.75. The minimum atomic E-state index is -0.383. The van der Waals surface area contributed by atoms with Crippen molar-refractivity contribution in [2.24, 2.45) is 0 Å². The first-order valence-electron chi connectivity index (χ1n) is 8.47. The summed E-state index contributed by atoms with van der Waals surface area (Å²) >= 11 is 0. The minimum absolute atomic E-state index is 0.209. The quantitative estimate of drug-likeness (QED) is 0.556. The minimum Gasteiger partial charge on any atom is -0.318 e. The number of carbonyl (C=O) groups is 1. The molecule has 0 aliphatic heterocycles. The first-order valence-corrected chi connectivity index (χ1v) is 8.47. The Bertz CT molecular complexity index is 1090. The van der Waals surface area contributed by atoms with Crippen molar-refractivity contribution in [3.05, 3.63) is 85.2 Å². The molecule has 0 bridgehead atoms. The number of benzene rings is 1. The molecule has 1 amide bonds. The standard InChI is InChI=1S/C20H15N7O/c28-19(24-15-11-21-13-22-12-15)17-9-10-23-20(26-17)27-18-8-4-7-16(25-18)14-5-2-1-3-6-14/h1-13H,(H,24,28)(H,23,25,26,27). The summed E-state index contributed by atoms with van der Waals surface area (Å²) in [6, 6.07) is 17.0. The van der Waals surface area contributed by atoms with Crippen molar-refractivity contribution < 1.29 is 4.79 Å². The number of hydrogen-bond donors (Lipinski definition) is 2. The molecule has 2 N–H and O–H groups in total. The highest BCUT2D eigenvalue weighted by Gasteiger charge is 2.10. The molecule has 136 valence electrons. The van der Waals surface area contributed by atoms with Crippen LogP contribution in [0, 0.1) is 0 Å². The van der Waals surface area contributed by atoms with Gasteiger partial charge in [-0.05, 0) is 18.2 Å². The third-order valence-corrected chi connectivity index (χ3v) is 3.77. The number of pyridine rings is 1. The Morgan fingerprint density at radius 1 is 0.857 bits per heavy atom. The summed E-state index contributed by atoms with van der Waals surface area (Å²) in [4.78, 5) is 33.1. The van der Waals surface area contributed by atoms with Gasteiger partial charge in [0.2, 0.25) is 5.95 Å². The number of nitrogens with one attached hydrogen (secondary N) is 2. The second-order valence-electron chi connectivity index (χ2n) is 5.75. The number of amides is 1. The monoisotopic (exact) mass is 369 g/mol. The summed E-state index contributed by atoms with van der Waals surface area (Å²) in [6.07, 6.45) is 5.90. The highest BCUT2D eigenvalue weighted by molar-refractivity contribution is 6.02. The molecule has 28 heavy (non-hydrogen) atoms. The molecule has 4 rings (SSSR count). The van der Waals surface area contributed by atoms with Crippen LogP contribution in [-0.4, -0.2) is 30.8 Å². The van der Waals surface area contributed by atoms with Gasteiger partial charge in [-0.3, -0.25) is 4.79 Å². The Morgan fingerprint density at radius 3 is 2.50 bits per heavy atom. The molecular formula is C20H15N7O. The van der Waals surface area contributed by atoms with Gasteiger partial charge in [-0.2, -0.15) is 0 Å². The fourth-order valence-electron chi connectivity index (χ4n) is 2.49. The molecule has 4 aromatic rings. The van der Waals surface area contributed by atoms with E-state index in [9.17, 15) is 4.79 Å². The fraction of sp³-hybridized carbons (Fsp3) is 0. The molecule has 0 saturated heterocycles. The first kappa shape index (κ1) is 17.2. The predicted molar refractivity (Wildman–Crippen MR) is 105 cm³/mol. The first-order chi connectivity index (χ1) is 13.8. The maximum absolute atomic E-state index is 12.4. The van der Waals surface area contributed by atoms with E-state index in [2.05, 4.69) is 35.6 Å². The number of rotatable bonds is 5. The Balaban J connectivity index is 1.52. The molecule has 0 fully saturated rings. The highest BCUT2D eigenvalue weighted by atomic mass is 16.1. The summed E-state index contributed by atoms with van der Waals surface area (Å²) in [5.41, 5.74) is 2.52. The summed E-state index contributed by atoms with van der Waals surface area (Å²) in [5, 5.41) is 5.72. The molecule has 0 aliphatic carbocycles. The van der Waals surface area contributed by atoms with E-state index in [-0.39, 0.29) is 17.5 Å². The van der Waals surface area contributed by atoms with Gasteiger partial charge >= 0.3 is 0 Å². The van der Waals surface area contributed by atoms with E-state index >= 15 is 0 Å². The average molecular weight is 369 g/mol. The molecule has 0 radical (unpaired) electrons. The molecular weight excluding hydrogens is 354 g/mol. The van der Waals surface area contributed by atoms with Crippen LogP contribution in [0.3, 0.4) is 0 Å². The number of carbonyl (C=O) groups excluding carboxylic acids is 1. The Kier molecular flexibility index (Phi) is 4.92. The SMILES string of the molecule is O=C(Nc1cncnc1)c1ccnc(Nc2cccc(-c3ccccc3)n2)n1. The van der Waals surface area contributed by atoms with Gasteiger partial charge < -0.3 is 10.6 Å². The molecule has 0 saturated carbocycles. The zero-order valence-corrected chi connectivity index (χ0v) is 14.6. The lowest BCUT2D eigenvalue weighted by molar-refractivity contribution is 0.102. The molecule has 0 aliphatic rings. The van der Waals surface area contributed by atoms with Crippen molar-refractivity contribution in [2.75, 3.05) is 10.6 Å². The number of aromatic nitrogens is 5. The maximum atomic E-state index is 12.4. The van der Waals surface area contributed by atoms with Gasteiger partial charge in [0, 0.05) is 11.8 Å². The van der Waals surface area contributed by atoms with Gasteiger partial charge in [-0.15, -0.1) is 0 Å². The van der Waals surface area contributed by atoms with E-state index in [1.54, 1.807) is 0 Å². The lowest BCUT2D eigenvalue weighted by atomic mass is 10.1. The topological polar surface area (TPSA) is 106 Å². The van der Waals surface area contributed by atoms with Crippen molar-refractivity contribution in [2.45, 2.75) is 0 Å². The smallest absolute Gasteiger partial charge is 0.274 e. The zero-order chi connectivity index (χ0) is 19.2. The molecule has 3 heterocycles. The van der Waals surface area contributed by atoms with Gasteiger partial charge in [-0.25, -0.2) is 24.9 Å². The molecule has 8 heteroatoms. The molecule has 1 aromatic carbocycles. The van der Waals surface area contributed by atoms with E-state index < -0.39 is 0 Å². The van der Waals surface area contributed by atoms with E-state index in [1.165, 1.54) is 31.0 Å². The van der Waals surface area contributed by atoms with Crippen LogP contribution in [-0.2, 0) is 0 Å². The summed E-state index contributed by atoms with van der Waals surface area (Å²) in [7, 11) is 0. The van der Waals surface area contributed by atoms with Gasteiger partial charge in [0.25, 0.3) is 5.91 Å². The average Bonchev–Trinajstić information content (AvgIpc) is 2.75. The van der Waals surface area contributed by atoms with Gasteiger partial charge in [-0.1, -0.05) is 36.4 Å². The maximum Gasteiger partial charge on any atom is 0.274 e. The van der Waals surface area contributed by atoms with Crippen molar-refractivity contribution in [3.63, 3.8) is 0 Å². The van der Waals surface area contributed by atoms with Gasteiger partial charge in [0.15, 0.2) is 0 Å². The van der Waals surface area contributed by atoms with Crippen LogP contribution >= 0.6 is 0 Å². The van der Waals surface area contributed by atoms with Crippen LogP contribution in [0.4, 0.5) is 17.5 Å². The van der Waals surface area contributed by atoms with Crippen molar-refractivity contribution >= 4 is 23.4 Å². The second kappa shape index (κ2) is 8.00. The molecule has 8 nitrogen and oxygen atoms in total. The van der Waals surface area contributed by atoms with Crippen molar-refractivity contribution in [3.8, 4) is 11.3 Å². The molecule has 0 unspecified atom stereocenters. The predicted octanol–water partition coefficient (Wildman–Crippen LogP) is 3.32. The summed E-state index contributed by atoms with van der Waals surface area (Å²) in [5.74, 6) is 0.469. The third kappa shape index (κ3) is 4.13. The van der Waals surface area contributed by atoms with Crippen molar-refractivity contribution in [1.82, 2.24) is 24.9 Å². The molecule has 3 aromatic heterocycles. The van der Waals surface area contributed by atoms with Crippen LogP contribution in [0.25, 0.3) is 11.3 Å². The van der Waals surface area contributed by atoms with E-state index in [0.29, 0.717) is 11.5 Å². The largest absolute Gasteiger partial charge is 0.318 e. The lowest BCUT2D eigenvalue weighted by Crippen LogP contribution is -2.15. The highest BCUT2D eigenvalue weighted by Crippen LogP contribution is 2.19. The van der Waals surface area contributed by atoms with Gasteiger partial charge in [0.05, 0.1) is 23.8 Å². The Hall–Kier alpha value is -4.20. The van der Waals surface area contributed by atoms with Gasteiger partial charge in [0.1, 0.15) is 17.8 Å².